The molecule has 3 rings (SSSR count). The van der Waals surface area contributed by atoms with E-state index in [4.69, 9.17) is 14.6 Å². The van der Waals surface area contributed by atoms with Gasteiger partial charge >= 0.3 is 5.97 Å². The highest BCUT2D eigenvalue weighted by atomic mass is 32.1. The van der Waals surface area contributed by atoms with Gasteiger partial charge < -0.3 is 14.6 Å². The molecule has 0 aliphatic carbocycles. The summed E-state index contributed by atoms with van der Waals surface area (Å²) in [5, 5.41) is 9.04. The molecule has 0 saturated carbocycles. The Hall–Kier alpha value is -2.08. The molecule has 0 unspecified atom stereocenters. The van der Waals surface area contributed by atoms with Crippen LogP contribution in [0.25, 0.3) is 10.4 Å². The Morgan fingerprint density at radius 3 is 2.83 bits per heavy atom. The molecule has 2 heterocycles. The van der Waals surface area contributed by atoms with Gasteiger partial charge in [0.25, 0.3) is 0 Å². The molecule has 5 nitrogen and oxygen atoms in total. The first kappa shape index (κ1) is 11.0. The predicted molar refractivity (Wildman–Crippen MR) is 65.5 cm³/mol. The molecular weight excluding hydrogens is 254 g/mol. The lowest BCUT2D eigenvalue weighted by Crippen LogP contribution is -2.15. The maximum atomic E-state index is 11.0. The fourth-order valence-electron chi connectivity index (χ4n) is 1.79. The number of hydrogen-bond acceptors (Lipinski definition) is 5. The minimum Gasteiger partial charge on any atom is -0.486 e. The first-order valence-electron chi connectivity index (χ1n) is 5.32. The van der Waals surface area contributed by atoms with Crippen LogP contribution in [0, 0.1) is 0 Å². The summed E-state index contributed by atoms with van der Waals surface area (Å²) in [4.78, 5) is 15.5. The number of benzene rings is 1. The van der Waals surface area contributed by atoms with Gasteiger partial charge in [0.1, 0.15) is 13.2 Å². The summed E-state index contributed by atoms with van der Waals surface area (Å²) in [6.45, 7) is 1.04. The highest BCUT2D eigenvalue weighted by Crippen LogP contribution is 2.36. The summed E-state index contributed by atoms with van der Waals surface area (Å²) in [7, 11) is 0. The number of fused-ring (bicyclic) bond motifs is 1. The van der Waals surface area contributed by atoms with Crippen LogP contribution >= 0.6 is 11.3 Å². The quantitative estimate of drug-likeness (QED) is 0.900. The minimum absolute atomic E-state index is 0.0664. The van der Waals surface area contributed by atoms with Crippen LogP contribution in [0.3, 0.4) is 0 Å². The van der Waals surface area contributed by atoms with E-state index in [1.807, 2.05) is 6.07 Å². The van der Waals surface area contributed by atoms with Crippen molar-refractivity contribution in [1.82, 2.24) is 4.98 Å². The lowest BCUT2D eigenvalue weighted by molar-refractivity contribution is 0.0692. The molecule has 92 valence electrons. The maximum absolute atomic E-state index is 11.0. The number of carboxylic acid groups (broad SMARTS) is 1. The molecule has 0 atom stereocenters. The topological polar surface area (TPSA) is 68.7 Å². The van der Waals surface area contributed by atoms with Crippen molar-refractivity contribution < 1.29 is 19.4 Å². The molecule has 1 aromatic carbocycles. The number of rotatable bonds is 2. The zero-order valence-corrected chi connectivity index (χ0v) is 10.1. The normalized spacial score (nSPS) is 13.3. The number of nitrogens with zero attached hydrogens (tertiary/aromatic N) is 1. The van der Waals surface area contributed by atoms with Gasteiger partial charge in [-0.1, -0.05) is 0 Å². The van der Waals surface area contributed by atoms with Gasteiger partial charge in [0, 0.05) is 0 Å². The minimum atomic E-state index is -1.03. The van der Waals surface area contributed by atoms with Crippen LogP contribution in [0.1, 0.15) is 10.5 Å². The zero-order chi connectivity index (χ0) is 12.5. The van der Waals surface area contributed by atoms with Crippen molar-refractivity contribution in [2.75, 3.05) is 13.2 Å². The van der Waals surface area contributed by atoms with Crippen LogP contribution < -0.4 is 9.47 Å². The van der Waals surface area contributed by atoms with Crippen molar-refractivity contribution >= 4 is 17.3 Å². The molecule has 1 aliphatic heterocycles. The Morgan fingerprint density at radius 2 is 2.06 bits per heavy atom. The number of ether oxygens (including phenoxy) is 2. The van der Waals surface area contributed by atoms with Gasteiger partial charge in [-0.05, 0) is 23.8 Å². The van der Waals surface area contributed by atoms with Crippen LogP contribution in [0.2, 0.25) is 0 Å². The maximum Gasteiger partial charge on any atom is 0.356 e. The average Bonchev–Trinajstić information content (AvgIpc) is 2.87. The molecule has 2 aromatic rings. The Labute approximate surface area is 107 Å². The van der Waals surface area contributed by atoms with E-state index in [0.29, 0.717) is 29.6 Å². The first-order valence-corrected chi connectivity index (χ1v) is 6.20. The van der Waals surface area contributed by atoms with Crippen LogP contribution in [0.4, 0.5) is 0 Å². The van der Waals surface area contributed by atoms with Gasteiger partial charge in [-0.3, -0.25) is 0 Å². The lowest BCUT2D eigenvalue weighted by atomic mass is 10.1. The number of aromatic carboxylic acids is 1. The molecule has 1 aliphatic rings. The van der Waals surface area contributed by atoms with E-state index in [2.05, 4.69) is 4.98 Å². The van der Waals surface area contributed by atoms with Crippen LogP contribution in [0.15, 0.2) is 23.7 Å². The molecule has 0 fully saturated rings. The van der Waals surface area contributed by atoms with Crippen molar-refractivity contribution in [3.05, 3.63) is 29.4 Å². The molecule has 18 heavy (non-hydrogen) atoms. The second-order valence-corrected chi connectivity index (χ2v) is 4.55. The number of carboxylic acids is 1. The van der Waals surface area contributed by atoms with Gasteiger partial charge in [0.05, 0.1) is 10.4 Å². The molecule has 0 amide bonds. The van der Waals surface area contributed by atoms with Crippen molar-refractivity contribution in [2.45, 2.75) is 0 Å². The Bertz CT molecular complexity index is 608. The van der Waals surface area contributed by atoms with E-state index in [-0.39, 0.29) is 5.69 Å². The summed E-state index contributed by atoms with van der Waals surface area (Å²) in [6.07, 6.45) is 0. The van der Waals surface area contributed by atoms with Crippen LogP contribution in [0.5, 0.6) is 11.5 Å². The smallest absolute Gasteiger partial charge is 0.356 e. The molecule has 0 spiro atoms. The predicted octanol–water partition coefficient (Wildman–Crippen LogP) is 2.28. The molecular formula is C12H9NO4S. The van der Waals surface area contributed by atoms with Gasteiger partial charge in [-0.15, -0.1) is 11.3 Å². The van der Waals surface area contributed by atoms with Crippen molar-refractivity contribution in [2.24, 2.45) is 0 Å². The molecule has 1 aromatic heterocycles. The number of aromatic nitrogens is 1. The van der Waals surface area contributed by atoms with E-state index < -0.39 is 5.97 Å². The van der Waals surface area contributed by atoms with E-state index in [1.54, 1.807) is 12.1 Å². The van der Waals surface area contributed by atoms with E-state index in [0.717, 1.165) is 5.56 Å². The van der Waals surface area contributed by atoms with Crippen LogP contribution in [-0.2, 0) is 0 Å². The second kappa shape index (κ2) is 4.30. The van der Waals surface area contributed by atoms with Crippen LogP contribution in [-0.4, -0.2) is 29.3 Å². The van der Waals surface area contributed by atoms with Gasteiger partial charge in [0.2, 0.25) is 0 Å². The molecule has 6 heteroatoms. The largest absolute Gasteiger partial charge is 0.486 e. The van der Waals surface area contributed by atoms with Crippen molar-refractivity contribution in [3.8, 4) is 21.9 Å². The van der Waals surface area contributed by atoms with E-state index in [9.17, 15) is 4.79 Å². The summed E-state index contributed by atoms with van der Waals surface area (Å²) in [5.41, 5.74) is 2.37. The molecule has 0 radical (unpaired) electrons. The average molecular weight is 263 g/mol. The number of hydrogen-bond donors (Lipinski definition) is 1. The third kappa shape index (κ3) is 1.80. The Morgan fingerprint density at radius 1 is 1.28 bits per heavy atom. The summed E-state index contributed by atoms with van der Waals surface area (Å²) in [6, 6.07) is 5.39. The van der Waals surface area contributed by atoms with Crippen molar-refractivity contribution in [3.63, 3.8) is 0 Å². The summed E-state index contributed by atoms with van der Waals surface area (Å²) in [5.74, 6) is 0.302. The number of thiazole rings is 1. The lowest BCUT2D eigenvalue weighted by Gasteiger charge is -2.18. The fourth-order valence-corrected chi connectivity index (χ4v) is 2.57. The van der Waals surface area contributed by atoms with E-state index >= 15 is 0 Å². The number of carbonyl (C=O) groups is 1. The molecule has 0 bridgehead atoms. The third-order valence-electron chi connectivity index (χ3n) is 2.57. The van der Waals surface area contributed by atoms with Gasteiger partial charge in [-0.25, -0.2) is 9.78 Å². The van der Waals surface area contributed by atoms with Gasteiger partial charge in [0.15, 0.2) is 17.2 Å². The fraction of sp³-hybridized carbons (Fsp3) is 0.167. The highest BCUT2D eigenvalue weighted by Gasteiger charge is 2.18. The monoisotopic (exact) mass is 263 g/mol. The zero-order valence-electron chi connectivity index (χ0n) is 9.25. The SMILES string of the molecule is O=C(O)c1ncsc1-c1ccc2c(c1)OCCO2. The Kier molecular flexibility index (Phi) is 2.64. The van der Waals surface area contributed by atoms with Gasteiger partial charge in [-0.2, -0.15) is 0 Å². The first-order chi connectivity index (χ1) is 8.75. The van der Waals surface area contributed by atoms with E-state index in [1.165, 1.54) is 16.8 Å². The summed E-state index contributed by atoms with van der Waals surface area (Å²) < 4.78 is 10.9. The standard InChI is InChI=1S/C12H9NO4S/c14-12(15)10-11(18-6-13-10)7-1-2-8-9(5-7)17-4-3-16-8/h1-2,5-6H,3-4H2,(H,14,15). The molecule has 0 saturated heterocycles. The molecule has 1 N–H and O–H groups in total. The van der Waals surface area contributed by atoms with Crippen molar-refractivity contribution in [1.29, 1.82) is 0 Å². The Balaban J connectivity index is 2.06. The summed E-state index contributed by atoms with van der Waals surface area (Å²) >= 11 is 1.29. The highest BCUT2D eigenvalue weighted by molar-refractivity contribution is 7.13. The second-order valence-electron chi connectivity index (χ2n) is 3.69. The third-order valence-corrected chi connectivity index (χ3v) is 3.45.